The van der Waals surface area contributed by atoms with Crippen LogP contribution in [0.25, 0.3) is 0 Å². The van der Waals surface area contributed by atoms with Gasteiger partial charge in [0.2, 0.25) is 0 Å². The standard InChI is InChI=1S/C13H9Cl5/c14-9-10(15)13(18)8(6-12(9,17)11(13)16)7-4-2-1-3-5-7/h1-5,8,11H,6H2/t8-,11-,12-,13+/m1/s1. The van der Waals surface area contributed by atoms with Gasteiger partial charge >= 0.3 is 0 Å². The second-order valence-corrected chi connectivity index (χ2v) is 7.28. The second kappa shape index (κ2) is 4.20. The molecule has 3 rings (SSSR count). The lowest BCUT2D eigenvalue weighted by Crippen LogP contribution is -2.33. The molecule has 1 saturated carbocycles. The van der Waals surface area contributed by atoms with E-state index in [2.05, 4.69) is 0 Å². The van der Waals surface area contributed by atoms with Gasteiger partial charge in [-0.25, -0.2) is 0 Å². The average Bonchev–Trinajstić information content (AvgIpc) is 2.67. The molecule has 1 aromatic carbocycles. The predicted molar refractivity (Wildman–Crippen MR) is 79.3 cm³/mol. The molecule has 2 bridgehead atoms. The van der Waals surface area contributed by atoms with Crippen LogP contribution in [0, 0.1) is 0 Å². The Labute approximate surface area is 131 Å². The molecule has 0 aromatic heterocycles. The van der Waals surface area contributed by atoms with Crippen molar-refractivity contribution in [2.45, 2.75) is 27.5 Å². The summed E-state index contributed by atoms with van der Waals surface area (Å²) in [4.78, 5) is -1.74. The van der Waals surface area contributed by atoms with Crippen LogP contribution in [0.2, 0.25) is 0 Å². The Kier molecular flexibility index (Phi) is 3.13. The van der Waals surface area contributed by atoms with E-state index < -0.39 is 15.1 Å². The molecule has 0 nitrogen and oxygen atoms in total. The number of fused-ring (bicyclic) bond motifs is 2. The summed E-state index contributed by atoms with van der Waals surface area (Å²) in [6.45, 7) is 0. The number of halogens is 5. The van der Waals surface area contributed by atoms with Gasteiger partial charge in [0.05, 0.1) is 15.4 Å². The van der Waals surface area contributed by atoms with Crippen molar-refractivity contribution in [2.75, 3.05) is 0 Å². The third kappa shape index (κ3) is 1.47. The van der Waals surface area contributed by atoms with E-state index in [0.717, 1.165) is 5.56 Å². The Morgan fingerprint density at radius 3 is 2.11 bits per heavy atom. The van der Waals surface area contributed by atoms with Gasteiger partial charge in [-0.15, -0.1) is 34.8 Å². The van der Waals surface area contributed by atoms with Crippen LogP contribution in [0.15, 0.2) is 40.4 Å². The first-order chi connectivity index (χ1) is 8.42. The Morgan fingerprint density at radius 1 is 1.00 bits per heavy atom. The lowest BCUT2D eigenvalue weighted by atomic mass is 9.86. The zero-order chi connectivity index (χ0) is 13.1. The fourth-order valence-electron chi connectivity index (χ4n) is 2.92. The smallest absolute Gasteiger partial charge is 0.106 e. The first kappa shape index (κ1) is 13.4. The first-order valence-electron chi connectivity index (χ1n) is 5.55. The summed E-state index contributed by atoms with van der Waals surface area (Å²) in [6, 6.07) is 9.90. The molecule has 1 fully saturated rings. The summed E-state index contributed by atoms with van der Waals surface area (Å²) in [6.07, 6.45) is 0.602. The Morgan fingerprint density at radius 2 is 1.61 bits per heavy atom. The maximum absolute atomic E-state index is 6.69. The zero-order valence-corrected chi connectivity index (χ0v) is 12.9. The van der Waals surface area contributed by atoms with Crippen LogP contribution in [0.1, 0.15) is 17.9 Å². The molecule has 4 atom stereocenters. The molecule has 0 spiro atoms. The van der Waals surface area contributed by atoms with E-state index in [-0.39, 0.29) is 5.92 Å². The van der Waals surface area contributed by atoms with Gasteiger partial charge in [-0.05, 0) is 12.0 Å². The molecule has 0 saturated heterocycles. The normalized spacial score (nSPS) is 42.7. The number of hydrogen-bond donors (Lipinski definition) is 0. The van der Waals surface area contributed by atoms with Crippen molar-refractivity contribution in [3.8, 4) is 0 Å². The van der Waals surface area contributed by atoms with Crippen molar-refractivity contribution < 1.29 is 0 Å². The van der Waals surface area contributed by atoms with Gasteiger partial charge in [-0.3, -0.25) is 0 Å². The maximum atomic E-state index is 6.69. The maximum Gasteiger partial charge on any atom is 0.106 e. The van der Waals surface area contributed by atoms with Crippen LogP contribution in [0.4, 0.5) is 0 Å². The third-order valence-electron chi connectivity index (χ3n) is 3.87. The predicted octanol–water partition coefficient (Wildman–Crippen LogP) is 5.44. The molecular formula is C13H9Cl5. The van der Waals surface area contributed by atoms with E-state index >= 15 is 0 Å². The topological polar surface area (TPSA) is 0 Å². The largest absolute Gasteiger partial charge is 0.118 e. The molecule has 1 aromatic rings. The fraction of sp³-hybridized carbons (Fsp3) is 0.385. The first-order valence-corrected chi connectivity index (χ1v) is 7.50. The fourth-order valence-corrected chi connectivity index (χ4v) is 5.30. The summed E-state index contributed by atoms with van der Waals surface area (Å²) < 4.78 is 0. The van der Waals surface area contributed by atoms with Crippen LogP contribution in [0.5, 0.6) is 0 Å². The van der Waals surface area contributed by atoms with Gasteiger partial charge in [-0.1, -0.05) is 53.5 Å². The Balaban J connectivity index is 2.14. The highest BCUT2D eigenvalue weighted by molar-refractivity contribution is 6.55. The highest BCUT2D eigenvalue weighted by Gasteiger charge is 2.69. The minimum atomic E-state index is -0.900. The van der Waals surface area contributed by atoms with Crippen molar-refractivity contribution in [2.24, 2.45) is 0 Å². The number of benzene rings is 1. The minimum absolute atomic E-state index is 0.0182. The SMILES string of the molecule is ClC1=C(Cl)[C@]2(Cl)C[C@H](c3ccccc3)[C@@]1(Cl)[C@@H]2Cl. The summed E-state index contributed by atoms with van der Waals surface area (Å²) in [7, 11) is 0. The van der Waals surface area contributed by atoms with Crippen LogP contribution >= 0.6 is 58.0 Å². The lowest BCUT2D eigenvalue weighted by molar-refractivity contribution is 0.608. The van der Waals surface area contributed by atoms with E-state index in [1.54, 1.807) is 0 Å². The molecule has 0 N–H and O–H groups in total. The lowest BCUT2D eigenvalue weighted by Gasteiger charge is -2.30. The van der Waals surface area contributed by atoms with Gasteiger partial charge in [0.15, 0.2) is 0 Å². The zero-order valence-electron chi connectivity index (χ0n) is 9.14. The molecule has 0 amide bonds. The van der Waals surface area contributed by atoms with E-state index in [1.807, 2.05) is 30.3 Å². The van der Waals surface area contributed by atoms with E-state index in [1.165, 1.54) is 0 Å². The van der Waals surface area contributed by atoms with E-state index in [0.29, 0.717) is 16.5 Å². The molecule has 2 aliphatic carbocycles. The van der Waals surface area contributed by atoms with Crippen molar-refractivity contribution in [1.82, 2.24) is 0 Å². The molecule has 0 unspecified atom stereocenters. The van der Waals surface area contributed by atoms with Crippen molar-refractivity contribution >= 4 is 58.0 Å². The minimum Gasteiger partial charge on any atom is -0.118 e. The van der Waals surface area contributed by atoms with Gasteiger partial charge in [0, 0.05) is 5.92 Å². The molecule has 2 aliphatic rings. The van der Waals surface area contributed by atoms with Crippen molar-refractivity contribution in [3.63, 3.8) is 0 Å². The molecule has 96 valence electrons. The van der Waals surface area contributed by atoms with E-state index in [4.69, 9.17) is 58.0 Å². The second-order valence-electron chi connectivity index (χ2n) is 4.79. The number of rotatable bonds is 1. The summed E-state index contributed by atoms with van der Waals surface area (Å²) in [5, 5.41) is 0.285. The molecule has 0 radical (unpaired) electrons. The molecular weight excluding hydrogens is 333 g/mol. The molecule has 0 aliphatic heterocycles. The monoisotopic (exact) mass is 340 g/mol. The molecule has 18 heavy (non-hydrogen) atoms. The third-order valence-corrected chi connectivity index (χ3v) is 7.37. The number of alkyl halides is 3. The molecule has 5 heteroatoms. The van der Waals surface area contributed by atoms with E-state index in [9.17, 15) is 0 Å². The average molecular weight is 342 g/mol. The van der Waals surface area contributed by atoms with Gasteiger partial charge in [0.1, 0.15) is 9.75 Å². The summed E-state index contributed by atoms with van der Waals surface area (Å²) in [5.74, 6) is -0.0182. The molecule has 0 heterocycles. The van der Waals surface area contributed by atoms with Crippen molar-refractivity contribution in [3.05, 3.63) is 46.0 Å². The van der Waals surface area contributed by atoms with Crippen LogP contribution in [0.3, 0.4) is 0 Å². The highest BCUT2D eigenvalue weighted by atomic mass is 35.5. The van der Waals surface area contributed by atoms with Crippen LogP contribution in [-0.2, 0) is 0 Å². The summed E-state index contributed by atoms with van der Waals surface area (Å²) >= 11 is 32.1. The van der Waals surface area contributed by atoms with Crippen LogP contribution in [-0.4, -0.2) is 15.1 Å². The van der Waals surface area contributed by atoms with Gasteiger partial charge in [-0.2, -0.15) is 0 Å². The quantitative estimate of drug-likeness (QED) is 0.596. The number of allylic oxidation sites excluding steroid dienone is 2. The van der Waals surface area contributed by atoms with Crippen LogP contribution < -0.4 is 0 Å². The van der Waals surface area contributed by atoms with Gasteiger partial charge in [0.25, 0.3) is 0 Å². The van der Waals surface area contributed by atoms with Crippen molar-refractivity contribution in [1.29, 1.82) is 0 Å². The summed E-state index contributed by atoms with van der Waals surface area (Å²) in [5.41, 5.74) is 1.09. The van der Waals surface area contributed by atoms with Gasteiger partial charge < -0.3 is 0 Å². The Hall–Kier alpha value is 0.410. The number of hydrogen-bond acceptors (Lipinski definition) is 0. The Bertz CT molecular complexity index is 525. The highest BCUT2D eigenvalue weighted by Crippen LogP contribution is 2.69.